The Balaban J connectivity index is 2.33. The van der Waals surface area contributed by atoms with Gasteiger partial charge in [0, 0.05) is 12.8 Å². The minimum atomic E-state index is -3.33. The van der Waals surface area contributed by atoms with E-state index >= 15 is 0 Å². The molecule has 0 spiro atoms. The maximum absolute atomic E-state index is 11.4. The molecular formula is C10H22NO3S+. The van der Waals surface area contributed by atoms with Gasteiger partial charge in [-0.15, -0.1) is 0 Å². The molecule has 1 fully saturated rings. The van der Waals surface area contributed by atoms with Gasteiger partial charge in [0.25, 0.3) is 10.1 Å². The first-order valence-corrected chi connectivity index (χ1v) is 7.05. The third kappa shape index (κ3) is 3.74. The largest absolute Gasteiger partial charge is 0.324 e. The first kappa shape index (κ1) is 12.9. The van der Waals surface area contributed by atoms with E-state index in [1.54, 1.807) is 13.8 Å². The molecule has 0 atom stereocenters. The van der Waals surface area contributed by atoms with E-state index in [0.29, 0.717) is 6.61 Å². The van der Waals surface area contributed by atoms with Crippen molar-refractivity contribution in [2.75, 3.05) is 33.3 Å². The Kier molecular flexibility index (Phi) is 4.14. The Hall–Kier alpha value is -0.130. The molecule has 0 aromatic heterocycles. The summed E-state index contributed by atoms with van der Waals surface area (Å²) < 4.78 is 28.7. The molecule has 0 radical (unpaired) electrons. The zero-order valence-corrected chi connectivity index (χ0v) is 10.7. The van der Waals surface area contributed by atoms with Gasteiger partial charge in [-0.3, -0.25) is 4.18 Å². The highest BCUT2D eigenvalue weighted by Crippen LogP contribution is 2.16. The molecule has 5 heteroatoms. The molecule has 0 saturated carbocycles. The Bertz CT molecular complexity index is 292. The molecule has 0 aromatic rings. The van der Waals surface area contributed by atoms with Crippen molar-refractivity contribution in [1.82, 2.24) is 0 Å². The molecule has 0 bridgehead atoms. The third-order valence-electron chi connectivity index (χ3n) is 3.10. The molecule has 0 aliphatic carbocycles. The quantitative estimate of drug-likeness (QED) is 0.528. The summed E-state index contributed by atoms with van der Waals surface area (Å²) in [4.78, 5) is 0. The highest BCUT2D eigenvalue weighted by molar-refractivity contribution is 7.87. The first-order chi connectivity index (χ1) is 6.86. The monoisotopic (exact) mass is 236 g/mol. The van der Waals surface area contributed by atoms with Gasteiger partial charge >= 0.3 is 0 Å². The number of hydrogen-bond acceptors (Lipinski definition) is 3. The van der Waals surface area contributed by atoms with Crippen molar-refractivity contribution in [2.45, 2.75) is 31.9 Å². The van der Waals surface area contributed by atoms with Crippen LogP contribution >= 0.6 is 0 Å². The van der Waals surface area contributed by atoms with Gasteiger partial charge in [0.2, 0.25) is 0 Å². The highest BCUT2D eigenvalue weighted by Gasteiger charge is 2.27. The molecule has 90 valence electrons. The van der Waals surface area contributed by atoms with Crippen LogP contribution < -0.4 is 0 Å². The molecule has 0 aromatic carbocycles. The fourth-order valence-electron chi connectivity index (χ4n) is 1.83. The number of likely N-dealkylation sites (N-methyl/N-ethyl adjacent to an activating group) is 1. The topological polar surface area (TPSA) is 43.4 Å². The SMILES string of the molecule is CC(C)S(=O)(=O)OCC[N+]1(C)CCCC1. The van der Waals surface area contributed by atoms with Gasteiger partial charge in [-0.2, -0.15) is 8.42 Å². The fraction of sp³-hybridized carbons (Fsp3) is 1.00. The Morgan fingerprint density at radius 3 is 2.27 bits per heavy atom. The molecule has 0 N–H and O–H groups in total. The van der Waals surface area contributed by atoms with E-state index in [0.717, 1.165) is 24.1 Å². The van der Waals surface area contributed by atoms with Crippen LogP contribution in [0.2, 0.25) is 0 Å². The second-order valence-electron chi connectivity index (χ2n) is 4.86. The van der Waals surface area contributed by atoms with Crippen LogP contribution in [0.5, 0.6) is 0 Å². The molecule has 0 unspecified atom stereocenters. The Labute approximate surface area is 92.9 Å². The van der Waals surface area contributed by atoms with Crippen molar-refractivity contribution in [2.24, 2.45) is 0 Å². The summed E-state index contributed by atoms with van der Waals surface area (Å²) in [6.45, 7) is 6.68. The summed E-state index contributed by atoms with van der Waals surface area (Å²) in [7, 11) is -1.16. The smallest absolute Gasteiger partial charge is 0.269 e. The minimum Gasteiger partial charge on any atom is -0.324 e. The highest BCUT2D eigenvalue weighted by atomic mass is 32.2. The lowest BCUT2D eigenvalue weighted by Crippen LogP contribution is -2.43. The van der Waals surface area contributed by atoms with E-state index in [4.69, 9.17) is 4.18 Å². The lowest BCUT2D eigenvalue weighted by Gasteiger charge is -2.28. The van der Waals surface area contributed by atoms with Gasteiger partial charge in [0.1, 0.15) is 13.2 Å². The van der Waals surface area contributed by atoms with Crippen LogP contribution in [0.1, 0.15) is 26.7 Å². The molecule has 4 nitrogen and oxygen atoms in total. The van der Waals surface area contributed by atoms with Crippen molar-refractivity contribution in [3.05, 3.63) is 0 Å². The predicted octanol–water partition coefficient (Wildman–Crippen LogP) is 0.982. The van der Waals surface area contributed by atoms with E-state index < -0.39 is 15.4 Å². The van der Waals surface area contributed by atoms with Crippen LogP contribution in [-0.4, -0.2) is 51.4 Å². The van der Waals surface area contributed by atoms with Crippen LogP contribution in [0.25, 0.3) is 0 Å². The van der Waals surface area contributed by atoms with Gasteiger partial charge in [-0.1, -0.05) is 0 Å². The molecule has 15 heavy (non-hydrogen) atoms. The van der Waals surface area contributed by atoms with Crippen molar-refractivity contribution in [3.8, 4) is 0 Å². The Morgan fingerprint density at radius 1 is 1.27 bits per heavy atom. The van der Waals surface area contributed by atoms with Gasteiger partial charge < -0.3 is 4.48 Å². The summed E-state index contributed by atoms with van der Waals surface area (Å²) in [5.74, 6) is 0. The number of likely N-dealkylation sites (tertiary alicyclic amines) is 1. The summed E-state index contributed by atoms with van der Waals surface area (Å²) in [5, 5.41) is -0.443. The zero-order valence-electron chi connectivity index (χ0n) is 9.90. The van der Waals surface area contributed by atoms with Crippen molar-refractivity contribution >= 4 is 10.1 Å². The number of rotatable bonds is 5. The molecule has 0 amide bonds. The van der Waals surface area contributed by atoms with E-state index in [9.17, 15) is 8.42 Å². The zero-order chi connectivity index (χ0) is 11.5. The van der Waals surface area contributed by atoms with E-state index in [1.165, 1.54) is 12.8 Å². The van der Waals surface area contributed by atoms with E-state index in [1.807, 2.05) is 0 Å². The minimum absolute atomic E-state index is 0.316. The summed E-state index contributed by atoms with van der Waals surface area (Å²) in [5.41, 5.74) is 0. The van der Waals surface area contributed by atoms with Crippen LogP contribution in [0.15, 0.2) is 0 Å². The molecule has 1 aliphatic heterocycles. The normalized spacial score (nSPS) is 21.1. The van der Waals surface area contributed by atoms with E-state index in [2.05, 4.69) is 7.05 Å². The van der Waals surface area contributed by atoms with Crippen molar-refractivity contribution in [1.29, 1.82) is 0 Å². The Morgan fingerprint density at radius 2 is 1.80 bits per heavy atom. The van der Waals surface area contributed by atoms with Crippen LogP contribution in [0, 0.1) is 0 Å². The molecule has 1 aliphatic rings. The third-order valence-corrected chi connectivity index (χ3v) is 4.75. The second kappa shape index (κ2) is 4.80. The average Bonchev–Trinajstić information content (AvgIpc) is 2.51. The predicted molar refractivity (Wildman–Crippen MR) is 60.0 cm³/mol. The van der Waals surface area contributed by atoms with Gasteiger partial charge in [0.15, 0.2) is 0 Å². The number of hydrogen-bond donors (Lipinski definition) is 0. The van der Waals surface area contributed by atoms with Gasteiger partial charge in [-0.05, 0) is 13.8 Å². The molecular weight excluding hydrogens is 214 g/mol. The lowest BCUT2D eigenvalue weighted by molar-refractivity contribution is -0.897. The van der Waals surface area contributed by atoms with Gasteiger partial charge in [0.05, 0.1) is 25.4 Å². The summed E-state index contributed by atoms with van der Waals surface area (Å²) >= 11 is 0. The first-order valence-electron chi connectivity index (χ1n) is 5.57. The van der Waals surface area contributed by atoms with Crippen LogP contribution in [-0.2, 0) is 14.3 Å². The molecule has 1 saturated heterocycles. The van der Waals surface area contributed by atoms with Crippen LogP contribution in [0.3, 0.4) is 0 Å². The average molecular weight is 236 g/mol. The molecule has 1 rings (SSSR count). The van der Waals surface area contributed by atoms with Gasteiger partial charge in [-0.25, -0.2) is 0 Å². The summed E-state index contributed by atoms with van der Waals surface area (Å²) in [6, 6.07) is 0. The maximum atomic E-state index is 11.4. The van der Waals surface area contributed by atoms with Crippen molar-refractivity contribution in [3.63, 3.8) is 0 Å². The van der Waals surface area contributed by atoms with Crippen LogP contribution in [0.4, 0.5) is 0 Å². The summed E-state index contributed by atoms with van der Waals surface area (Å²) in [6.07, 6.45) is 2.49. The maximum Gasteiger partial charge on any atom is 0.269 e. The number of quaternary nitrogens is 1. The standard InChI is InChI=1S/C10H22NO3S/c1-10(2)15(12,13)14-9-8-11(3)6-4-5-7-11/h10H,4-9H2,1-3H3/q+1. The van der Waals surface area contributed by atoms with E-state index in [-0.39, 0.29) is 0 Å². The number of nitrogens with zero attached hydrogens (tertiary/aromatic N) is 1. The van der Waals surface area contributed by atoms with Crippen molar-refractivity contribution < 1.29 is 17.1 Å². The lowest BCUT2D eigenvalue weighted by atomic mass is 10.4. The molecule has 1 heterocycles. The second-order valence-corrected chi connectivity index (χ2v) is 7.03. The fourth-order valence-corrected chi connectivity index (χ4v) is 2.41.